The van der Waals surface area contributed by atoms with Gasteiger partial charge in [-0.3, -0.25) is 4.79 Å². The highest BCUT2D eigenvalue weighted by Gasteiger charge is 2.54. The molecule has 0 bridgehead atoms. The molecule has 0 spiro atoms. The Hall–Kier alpha value is -2.08. The summed E-state index contributed by atoms with van der Waals surface area (Å²) >= 11 is 3.17. The van der Waals surface area contributed by atoms with Crippen LogP contribution in [0.3, 0.4) is 0 Å². The lowest BCUT2D eigenvalue weighted by Crippen LogP contribution is -2.36. The molecule has 0 amide bonds. The van der Waals surface area contributed by atoms with Crippen molar-refractivity contribution in [2.45, 2.75) is 12.0 Å². The van der Waals surface area contributed by atoms with Crippen molar-refractivity contribution in [1.82, 2.24) is 0 Å². The molecule has 2 aromatic carbocycles. The van der Waals surface area contributed by atoms with Crippen molar-refractivity contribution in [1.29, 1.82) is 0 Å². The number of ether oxygens (including phenoxy) is 1. The highest BCUT2D eigenvalue weighted by atomic mass is 79.9. The number of fused-ring (bicyclic) bond motifs is 1. The molecule has 0 radical (unpaired) electrons. The number of cyclic esters (lactones) is 1. The highest BCUT2D eigenvalue weighted by Crippen LogP contribution is 2.43. The van der Waals surface area contributed by atoms with Gasteiger partial charge in [-0.15, -0.1) is 0 Å². The van der Waals surface area contributed by atoms with Crippen LogP contribution in [0.4, 0.5) is 8.78 Å². The van der Waals surface area contributed by atoms with Gasteiger partial charge in [-0.2, -0.15) is 8.78 Å². The van der Waals surface area contributed by atoms with Crippen LogP contribution in [0.25, 0.3) is 0 Å². The second-order valence-corrected chi connectivity index (χ2v) is 5.75. The molecule has 22 heavy (non-hydrogen) atoms. The molecule has 112 valence electrons. The summed E-state index contributed by atoms with van der Waals surface area (Å²) in [5, 5.41) is 0. The molecule has 0 aliphatic carbocycles. The van der Waals surface area contributed by atoms with E-state index in [1.54, 1.807) is 6.07 Å². The Kier molecular flexibility index (Phi) is 3.56. The molecule has 0 fully saturated rings. The summed E-state index contributed by atoms with van der Waals surface area (Å²) in [7, 11) is 0. The van der Waals surface area contributed by atoms with Crippen molar-refractivity contribution in [3.63, 3.8) is 0 Å². The molecule has 6 heteroatoms. The van der Waals surface area contributed by atoms with Gasteiger partial charge in [0.2, 0.25) is 5.78 Å². The normalized spacial score (nSPS) is 17.0. The van der Waals surface area contributed by atoms with E-state index in [2.05, 4.69) is 15.9 Å². The van der Waals surface area contributed by atoms with Crippen LogP contribution in [-0.2, 0) is 4.74 Å². The minimum atomic E-state index is -3.84. The Bertz CT molecular complexity index is 756. The number of carbonyl (C=O) groups is 2. The number of carbonyl (C=O) groups excluding carboxylic acids is 2. The van der Waals surface area contributed by atoms with Crippen LogP contribution in [0, 0.1) is 0 Å². The summed E-state index contributed by atoms with van der Waals surface area (Å²) in [5.74, 6) is -6.06. The second kappa shape index (κ2) is 5.28. The Morgan fingerprint density at radius 3 is 2.41 bits per heavy atom. The van der Waals surface area contributed by atoms with E-state index in [4.69, 9.17) is 4.74 Å². The summed E-state index contributed by atoms with van der Waals surface area (Å²) in [6.07, 6.45) is -1.90. The number of ketones is 1. The van der Waals surface area contributed by atoms with Gasteiger partial charge in [-0.25, -0.2) is 4.79 Å². The first-order chi connectivity index (χ1) is 10.4. The molecule has 1 aliphatic rings. The molecule has 1 heterocycles. The molecular weight excluding hydrogens is 358 g/mol. The van der Waals surface area contributed by atoms with Crippen LogP contribution in [0.2, 0.25) is 0 Å². The Balaban J connectivity index is 1.98. The highest BCUT2D eigenvalue weighted by molar-refractivity contribution is 9.10. The standard InChI is InChI=1S/C16H9BrF2O3/c17-10-7-5-9(6-8-10)13(20)16(18,19)14-11-3-1-2-4-12(11)15(21)22-14/h1-8,14H/t14-/m1/s1. The maximum Gasteiger partial charge on any atom is 0.349 e. The van der Waals surface area contributed by atoms with Crippen molar-refractivity contribution in [3.8, 4) is 0 Å². The van der Waals surface area contributed by atoms with Crippen LogP contribution in [0.1, 0.15) is 32.4 Å². The third-order valence-electron chi connectivity index (χ3n) is 3.43. The Labute approximate surface area is 133 Å². The number of esters is 1. The smallest absolute Gasteiger partial charge is 0.349 e. The fraction of sp³-hybridized carbons (Fsp3) is 0.125. The zero-order chi connectivity index (χ0) is 15.9. The van der Waals surface area contributed by atoms with Gasteiger partial charge in [-0.1, -0.05) is 46.3 Å². The van der Waals surface area contributed by atoms with E-state index in [1.165, 1.54) is 42.5 Å². The minimum Gasteiger partial charge on any atom is -0.447 e. The predicted octanol–water partition coefficient (Wildman–Crippen LogP) is 4.18. The molecule has 0 saturated heterocycles. The molecule has 0 aromatic heterocycles. The fourth-order valence-electron chi connectivity index (χ4n) is 2.33. The molecular formula is C16H9BrF2O3. The lowest BCUT2D eigenvalue weighted by molar-refractivity contribution is -0.0820. The summed E-state index contributed by atoms with van der Waals surface area (Å²) in [6, 6.07) is 11.4. The Morgan fingerprint density at radius 1 is 1.09 bits per heavy atom. The van der Waals surface area contributed by atoms with Crippen molar-refractivity contribution < 1.29 is 23.1 Å². The molecule has 3 rings (SSSR count). The van der Waals surface area contributed by atoms with Crippen molar-refractivity contribution in [2.24, 2.45) is 0 Å². The first-order valence-corrected chi connectivity index (χ1v) is 7.18. The van der Waals surface area contributed by atoms with E-state index in [0.717, 1.165) is 0 Å². The van der Waals surface area contributed by atoms with Gasteiger partial charge in [0.15, 0.2) is 6.10 Å². The Morgan fingerprint density at radius 2 is 1.73 bits per heavy atom. The van der Waals surface area contributed by atoms with Crippen LogP contribution >= 0.6 is 15.9 Å². The maximum absolute atomic E-state index is 14.5. The van der Waals surface area contributed by atoms with Crippen LogP contribution in [-0.4, -0.2) is 17.7 Å². The zero-order valence-electron chi connectivity index (χ0n) is 11.1. The number of hydrogen-bond acceptors (Lipinski definition) is 3. The van der Waals surface area contributed by atoms with E-state index in [9.17, 15) is 18.4 Å². The molecule has 0 saturated carbocycles. The van der Waals surface area contributed by atoms with Gasteiger partial charge in [0.05, 0.1) is 5.56 Å². The second-order valence-electron chi connectivity index (χ2n) is 4.83. The lowest BCUT2D eigenvalue weighted by Gasteiger charge is -2.21. The molecule has 0 unspecified atom stereocenters. The van der Waals surface area contributed by atoms with E-state index < -0.39 is 23.8 Å². The van der Waals surface area contributed by atoms with Gasteiger partial charge in [0, 0.05) is 15.6 Å². The quantitative estimate of drug-likeness (QED) is 0.604. The van der Waals surface area contributed by atoms with Gasteiger partial charge in [0.1, 0.15) is 0 Å². The van der Waals surface area contributed by atoms with Gasteiger partial charge in [-0.05, 0) is 18.2 Å². The summed E-state index contributed by atoms with van der Waals surface area (Å²) in [5.41, 5.74) is -0.0487. The average Bonchev–Trinajstić information content (AvgIpc) is 2.86. The molecule has 1 atom stereocenters. The van der Waals surface area contributed by atoms with Crippen molar-refractivity contribution in [3.05, 3.63) is 69.7 Å². The molecule has 2 aromatic rings. The van der Waals surface area contributed by atoms with Gasteiger partial charge < -0.3 is 4.74 Å². The topological polar surface area (TPSA) is 43.4 Å². The van der Waals surface area contributed by atoms with Gasteiger partial charge in [0.25, 0.3) is 0 Å². The van der Waals surface area contributed by atoms with E-state index in [0.29, 0.717) is 4.47 Å². The number of Topliss-reactive ketones (excluding diaryl/α,β-unsaturated/α-hetero) is 1. The van der Waals surface area contributed by atoms with Crippen LogP contribution < -0.4 is 0 Å². The number of halogens is 3. The molecule has 1 aliphatic heterocycles. The first kappa shape index (κ1) is 14.8. The number of alkyl halides is 2. The summed E-state index contributed by atoms with van der Waals surface area (Å²) in [4.78, 5) is 23.8. The van der Waals surface area contributed by atoms with Crippen LogP contribution in [0.15, 0.2) is 53.0 Å². The maximum atomic E-state index is 14.5. The first-order valence-electron chi connectivity index (χ1n) is 6.39. The lowest BCUT2D eigenvalue weighted by atomic mass is 9.95. The minimum absolute atomic E-state index is 0.0305. The summed E-state index contributed by atoms with van der Waals surface area (Å²) in [6.45, 7) is 0. The van der Waals surface area contributed by atoms with E-state index in [1.807, 2.05) is 0 Å². The van der Waals surface area contributed by atoms with Crippen molar-refractivity contribution >= 4 is 27.7 Å². The van der Waals surface area contributed by atoms with E-state index in [-0.39, 0.29) is 16.7 Å². The zero-order valence-corrected chi connectivity index (χ0v) is 12.6. The SMILES string of the molecule is O=C1O[C@@H](C(F)(F)C(=O)c2ccc(Br)cc2)c2ccccc21. The van der Waals surface area contributed by atoms with Crippen molar-refractivity contribution in [2.75, 3.05) is 0 Å². The van der Waals surface area contributed by atoms with Crippen LogP contribution in [0.5, 0.6) is 0 Å². The third kappa shape index (κ3) is 2.33. The van der Waals surface area contributed by atoms with E-state index >= 15 is 0 Å². The average molecular weight is 367 g/mol. The largest absolute Gasteiger partial charge is 0.447 e. The predicted molar refractivity (Wildman–Crippen MR) is 78.0 cm³/mol. The number of rotatable bonds is 3. The fourth-order valence-corrected chi connectivity index (χ4v) is 2.59. The monoisotopic (exact) mass is 366 g/mol. The third-order valence-corrected chi connectivity index (χ3v) is 3.96. The number of hydrogen-bond donors (Lipinski definition) is 0. The van der Waals surface area contributed by atoms with Gasteiger partial charge >= 0.3 is 11.9 Å². The number of benzene rings is 2. The summed E-state index contributed by atoms with van der Waals surface area (Å²) < 4.78 is 34.5. The molecule has 3 nitrogen and oxygen atoms in total. The molecule has 0 N–H and O–H groups in total.